The van der Waals surface area contributed by atoms with E-state index >= 15 is 0 Å². The van der Waals surface area contributed by atoms with E-state index in [4.69, 9.17) is 28.4 Å². The Balaban J connectivity index is 0.934. The van der Waals surface area contributed by atoms with Gasteiger partial charge in [-0.15, -0.1) is 0 Å². The van der Waals surface area contributed by atoms with Crippen LogP contribution < -0.4 is 28.7 Å². The van der Waals surface area contributed by atoms with E-state index in [1.807, 2.05) is 36.4 Å². The highest BCUT2D eigenvalue weighted by molar-refractivity contribution is 5.93. The molecule has 2 aliphatic rings. The number of benzene rings is 8. The van der Waals surface area contributed by atoms with Gasteiger partial charge < -0.3 is 38.2 Å². The van der Waals surface area contributed by atoms with Crippen LogP contribution in [0.1, 0.15) is 30.9 Å². The first-order chi connectivity index (χ1) is 34.2. The van der Waals surface area contributed by atoms with Gasteiger partial charge in [0.1, 0.15) is 11.5 Å². The molecule has 9 nitrogen and oxygen atoms in total. The molecule has 0 fully saturated rings. The second kappa shape index (κ2) is 20.1. The molecular weight excluding hydrogens is 873 g/mol. The molecule has 2 heterocycles. The fourth-order valence-corrected chi connectivity index (χ4v) is 8.69. The summed E-state index contributed by atoms with van der Waals surface area (Å²) in [5.74, 6) is 4.24. The van der Waals surface area contributed by atoms with E-state index in [0.29, 0.717) is 31.8 Å². The lowest BCUT2D eigenvalue weighted by atomic mass is 9.99. The van der Waals surface area contributed by atoms with Crippen LogP contribution in [-0.4, -0.2) is 39.5 Å². The number of aryl methyl sites for hydroxylation is 2. The minimum Gasteiger partial charge on any atom is -0.494 e. The van der Waals surface area contributed by atoms with Gasteiger partial charge in [0.15, 0.2) is 23.0 Å². The van der Waals surface area contributed by atoms with Gasteiger partial charge in [-0.2, -0.15) is 0 Å². The largest absolute Gasteiger partial charge is 0.494 e. The summed E-state index contributed by atoms with van der Waals surface area (Å²) in [4.78, 5) is 16.2. The number of methoxy groups -OCH3 is 1. The minimum atomic E-state index is -0.386. The molecule has 0 N–H and O–H groups in total. The summed E-state index contributed by atoms with van der Waals surface area (Å²) in [6.45, 7) is 11.5. The van der Waals surface area contributed by atoms with E-state index in [2.05, 4.69) is 164 Å². The Morgan fingerprint density at radius 1 is 0.457 bits per heavy atom. The molecule has 8 aromatic rings. The van der Waals surface area contributed by atoms with Crippen LogP contribution in [-0.2, 0) is 14.3 Å². The molecule has 10 rings (SSSR count). The summed E-state index contributed by atoms with van der Waals surface area (Å²) >= 11 is 0. The molecular formula is C61H54N2O7. The van der Waals surface area contributed by atoms with E-state index in [-0.39, 0.29) is 12.6 Å². The minimum absolute atomic E-state index is 0.279. The zero-order valence-electron chi connectivity index (χ0n) is 39.9. The molecule has 350 valence electrons. The van der Waals surface area contributed by atoms with Crippen LogP contribution in [0.15, 0.2) is 182 Å². The van der Waals surface area contributed by atoms with Crippen molar-refractivity contribution in [1.29, 1.82) is 0 Å². The molecule has 0 spiro atoms. The molecule has 0 bridgehead atoms. The second-order valence-electron chi connectivity index (χ2n) is 17.6. The van der Waals surface area contributed by atoms with Gasteiger partial charge in [-0.3, -0.25) is 0 Å². The van der Waals surface area contributed by atoms with Crippen LogP contribution in [0.2, 0.25) is 0 Å². The van der Waals surface area contributed by atoms with E-state index in [9.17, 15) is 4.79 Å². The average molecular weight is 927 g/mol. The Bertz CT molecular complexity index is 3180. The Hall–Kier alpha value is -8.27. The molecule has 0 aliphatic carbocycles. The molecule has 0 unspecified atom stereocenters. The molecule has 70 heavy (non-hydrogen) atoms. The topological polar surface area (TPSA) is 78.9 Å². The molecule has 0 aromatic heterocycles. The van der Waals surface area contributed by atoms with Crippen molar-refractivity contribution in [3.63, 3.8) is 0 Å². The smallest absolute Gasteiger partial charge is 0.333 e. The standard InChI is InChI=1S/C61H54N2O7/c1-40(2)61(64)68-35-7-34-67-52-26-14-44(15-27-52)48-17-29-54-60(39-48)70-58-31-19-46(37-56(58)63(54)50-22-10-42(4)11-23-50)45-18-30-57-55(36-45)62(49-20-8-41(3)9-21-49)53-28-16-47(38-59(53)69-57)43-12-24-51(25-13-43)66-33-6-32-65-5/h8-31,36-39H,1,6-7,32-35H2,2-5H3. The van der Waals surface area contributed by atoms with Crippen molar-refractivity contribution >= 4 is 40.1 Å². The van der Waals surface area contributed by atoms with E-state index in [1.54, 1.807) is 14.0 Å². The van der Waals surface area contributed by atoms with Gasteiger partial charge in [-0.1, -0.05) is 90.5 Å². The van der Waals surface area contributed by atoms with Crippen LogP contribution >= 0.6 is 0 Å². The van der Waals surface area contributed by atoms with Crippen molar-refractivity contribution in [2.75, 3.05) is 43.3 Å². The number of carbonyl (C=O) groups excluding carboxylic acids is 1. The molecule has 8 aromatic carbocycles. The van der Waals surface area contributed by atoms with Crippen molar-refractivity contribution in [2.45, 2.75) is 33.6 Å². The van der Waals surface area contributed by atoms with Crippen molar-refractivity contribution in [1.82, 2.24) is 0 Å². The van der Waals surface area contributed by atoms with Crippen molar-refractivity contribution < 1.29 is 33.2 Å². The second-order valence-corrected chi connectivity index (χ2v) is 17.6. The fourth-order valence-electron chi connectivity index (χ4n) is 8.69. The zero-order chi connectivity index (χ0) is 48.1. The highest BCUT2D eigenvalue weighted by Gasteiger charge is 2.30. The lowest BCUT2D eigenvalue weighted by Gasteiger charge is -2.34. The maximum Gasteiger partial charge on any atom is 0.333 e. The summed E-state index contributed by atoms with van der Waals surface area (Å²) in [5, 5.41) is 0. The lowest BCUT2D eigenvalue weighted by molar-refractivity contribution is -0.139. The molecule has 0 radical (unpaired) electrons. The number of fused-ring (bicyclic) bond motifs is 4. The third-order valence-electron chi connectivity index (χ3n) is 12.4. The Labute approximate surface area is 409 Å². The van der Waals surface area contributed by atoms with Gasteiger partial charge in [0, 0.05) is 43.5 Å². The number of hydrogen-bond donors (Lipinski definition) is 0. The third-order valence-corrected chi connectivity index (χ3v) is 12.4. The highest BCUT2D eigenvalue weighted by atomic mass is 16.5. The number of nitrogens with zero attached hydrogens (tertiary/aromatic N) is 2. The highest BCUT2D eigenvalue weighted by Crippen LogP contribution is 2.55. The SMILES string of the molecule is C=C(C)C(=O)OCCCOc1ccc(-c2ccc3c(c2)Oc2ccc(-c4ccc5c(c4)N(c4ccc(C)cc4)c4ccc(-c6ccc(OCCCOC)cc6)cc4O5)cc2N3c2ccc(C)cc2)cc1. The van der Waals surface area contributed by atoms with Gasteiger partial charge in [0.25, 0.3) is 0 Å². The maximum absolute atomic E-state index is 11.7. The van der Waals surface area contributed by atoms with Crippen LogP contribution in [0.3, 0.4) is 0 Å². The van der Waals surface area contributed by atoms with Gasteiger partial charge in [-0.05, 0) is 151 Å². The molecule has 0 atom stereocenters. The van der Waals surface area contributed by atoms with Crippen LogP contribution in [0.25, 0.3) is 33.4 Å². The van der Waals surface area contributed by atoms with Crippen molar-refractivity contribution in [3.8, 4) is 67.9 Å². The van der Waals surface area contributed by atoms with Crippen LogP contribution in [0.4, 0.5) is 34.1 Å². The predicted octanol–water partition coefficient (Wildman–Crippen LogP) is 15.8. The number of anilines is 6. The summed E-state index contributed by atoms with van der Waals surface area (Å²) < 4.78 is 35.7. The third kappa shape index (κ3) is 9.70. The van der Waals surface area contributed by atoms with Crippen LogP contribution in [0, 0.1) is 13.8 Å². The van der Waals surface area contributed by atoms with Gasteiger partial charge in [0.2, 0.25) is 0 Å². The molecule has 0 amide bonds. The fraction of sp³-hybridized carbons (Fsp3) is 0.164. The van der Waals surface area contributed by atoms with Crippen molar-refractivity contribution in [2.24, 2.45) is 0 Å². The maximum atomic E-state index is 11.7. The number of ether oxygens (including phenoxy) is 6. The van der Waals surface area contributed by atoms with E-state index in [0.717, 1.165) is 108 Å². The lowest BCUT2D eigenvalue weighted by Crippen LogP contribution is -2.16. The zero-order valence-corrected chi connectivity index (χ0v) is 39.9. The summed E-state index contributed by atoms with van der Waals surface area (Å²) in [5.41, 5.74) is 14.8. The predicted molar refractivity (Wildman–Crippen MR) is 280 cm³/mol. The average Bonchev–Trinajstić information content (AvgIpc) is 3.38. The molecule has 2 aliphatic heterocycles. The summed E-state index contributed by atoms with van der Waals surface area (Å²) in [6, 6.07) is 59.0. The first kappa shape index (κ1) is 45.5. The quantitative estimate of drug-likeness (QED) is 0.0535. The molecule has 0 saturated heterocycles. The Morgan fingerprint density at radius 2 is 0.857 bits per heavy atom. The summed E-state index contributed by atoms with van der Waals surface area (Å²) in [7, 11) is 1.70. The van der Waals surface area contributed by atoms with Crippen molar-refractivity contribution in [3.05, 3.63) is 193 Å². The normalized spacial score (nSPS) is 12.1. The first-order valence-corrected chi connectivity index (χ1v) is 23.6. The number of hydrogen-bond acceptors (Lipinski definition) is 9. The number of esters is 1. The van der Waals surface area contributed by atoms with E-state index < -0.39 is 0 Å². The molecule has 0 saturated carbocycles. The Kier molecular flexibility index (Phi) is 13.1. The van der Waals surface area contributed by atoms with E-state index in [1.165, 1.54) is 11.1 Å². The van der Waals surface area contributed by atoms with Crippen LogP contribution in [0.5, 0.6) is 34.5 Å². The molecule has 9 heteroatoms. The monoisotopic (exact) mass is 926 g/mol. The number of carbonyl (C=O) groups is 1. The van der Waals surface area contributed by atoms with Gasteiger partial charge >= 0.3 is 5.97 Å². The summed E-state index contributed by atoms with van der Waals surface area (Å²) in [6.07, 6.45) is 1.42. The van der Waals surface area contributed by atoms with Gasteiger partial charge in [0.05, 0.1) is 42.6 Å². The van der Waals surface area contributed by atoms with Gasteiger partial charge in [-0.25, -0.2) is 4.79 Å². The first-order valence-electron chi connectivity index (χ1n) is 23.6. The Morgan fingerprint density at radius 3 is 1.29 bits per heavy atom. The number of rotatable bonds is 16.